The van der Waals surface area contributed by atoms with Crippen LogP contribution < -0.4 is 0 Å². The summed E-state index contributed by atoms with van der Waals surface area (Å²) >= 11 is 0. The van der Waals surface area contributed by atoms with Gasteiger partial charge >= 0.3 is 0 Å². The van der Waals surface area contributed by atoms with E-state index in [4.69, 9.17) is 0 Å². The van der Waals surface area contributed by atoms with Crippen molar-refractivity contribution in [3.05, 3.63) is 0 Å². The van der Waals surface area contributed by atoms with E-state index in [0.29, 0.717) is 25.7 Å². The summed E-state index contributed by atoms with van der Waals surface area (Å²) in [7, 11) is 0. The van der Waals surface area contributed by atoms with E-state index < -0.39 is 5.92 Å². The summed E-state index contributed by atoms with van der Waals surface area (Å²) in [5, 5.41) is 0. The molecule has 0 amide bonds. The van der Waals surface area contributed by atoms with Crippen molar-refractivity contribution < 1.29 is 14.4 Å². The van der Waals surface area contributed by atoms with E-state index in [2.05, 4.69) is 0 Å². The van der Waals surface area contributed by atoms with Crippen molar-refractivity contribution >= 4 is 17.9 Å². The third-order valence-corrected chi connectivity index (χ3v) is 3.10. The first-order chi connectivity index (χ1) is 8.65. The van der Waals surface area contributed by atoms with Crippen LogP contribution in [0.1, 0.15) is 71.6 Å². The van der Waals surface area contributed by atoms with Gasteiger partial charge in [-0.1, -0.05) is 26.7 Å². The van der Waals surface area contributed by atoms with E-state index in [1.165, 1.54) is 0 Å². The van der Waals surface area contributed by atoms with Crippen LogP contribution in [0.4, 0.5) is 0 Å². The first kappa shape index (κ1) is 17.0. The van der Waals surface area contributed by atoms with Crippen LogP contribution in [0.25, 0.3) is 0 Å². The molecule has 104 valence electrons. The molecule has 0 rings (SSSR count). The van der Waals surface area contributed by atoms with E-state index in [9.17, 15) is 14.4 Å². The Bertz CT molecular complexity index is 258. The number of carbonyl (C=O) groups excluding carboxylic acids is 3. The summed E-state index contributed by atoms with van der Waals surface area (Å²) in [5.74, 6) is -0.0967. The molecule has 0 aromatic carbocycles. The smallest absolute Gasteiger partial charge is 0.143 e. The molecule has 0 fully saturated rings. The van der Waals surface area contributed by atoms with Crippen LogP contribution in [0.5, 0.6) is 0 Å². The molecule has 0 aliphatic carbocycles. The minimum Gasteiger partial charge on any atom is -0.303 e. The zero-order valence-electron chi connectivity index (χ0n) is 11.7. The van der Waals surface area contributed by atoms with E-state index in [1.54, 1.807) is 0 Å². The van der Waals surface area contributed by atoms with Crippen molar-refractivity contribution in [3.63, 3.8) is 0 Å². The van der Waals surface area contributed by atoms with Crippen LogP contribution in [0.3, 0.4) is 0 Å². The van der Waals surface area contributed by atoms with Crippen molar-refractivity contribution in [1.29, 1.82) is 0 Å². The predicted molar refractivity (Wildman–Crippen MR) is 72.5 cm³/mol. The molecule has 1 atom stereocenters. The fourth-order valence-electron chi connectivity index (χ4n) is 1.94. The quantitative estimate of drug-likeness (QED) is 0.304. The highest BCUT2D eigenvalue weighted by Gasteiger charge is 2.16. The molecular formula is C15H26O3. The van der Waals surface area contributed by atoms with Gasteiger partial charge in [-0.3, -0.25) is 9.59 Å². The highest BCUT2D eigenvalue weighted by atomic mass is 16.1. The Morgan fingerprint density at radius 1 is 0.944 bits per heavy atom. The Balaban J connectivity index is 3.73. The molecule has 0 spiro atoms. The van der Waals surface area contributed by atoms with Crippen molar-refractivity contribution in [2.75, 3.05) is 0 Å². The summed E-state index contributed by atoms with van der Waals surface area (Å²) in [6.45, 7) is 4.04. The number of hydrogen-bond donors (Lipinski definition) is 0. The molecule has 0 heterocycles. The minimum atomic E-state index is -0.420. The lowest BCUT2D eigenvalue weighted by Crippen LogP contribution is -2.15. The highest BCUT2D eigenvalue weighted by Crippen LogP contribution is 2.12. The highest BCUT2D eigenvalue weighted by molar-refractivity contribution is 5.93. The number of hydrogen-bond acceptors (Lipinski definition) is 3. The van der Waals surface area contributed by atoms with Crippen molar-refractivity contribution in [3.8, 4) is 0 Å². The van der Waals surface area contributed by atoms with Crippen LogP contribution in [0.15, 0.2) is 0 Å². The molecule has 3 heteroatoms. The number of aldehydes is 1. The Hall–Kier alpha value is -0.990. The van der Waals surface area contributed by atoms with Gasteiger partial charge in [0.05, 0.1) is 5.92 Å². The summed E-state index contributed by atoms with van der Waals surface area (Å²) in [6, 6.07) is 0. The fraction of sp³-hybridized carbons (Fsp3) is 0.800. The van der Waals surface area contributed by atoms with Gasteiger partial charge in [-0.2, -0.15) is 0 Å². The molecule has 0 aromatic rings. The average Bonchev–Trinajstić information content (AvgIpc) is 2.36. The summed E-state index contributed by atoms with van der Waals surface area (Å²) in [6.07, 6.45) is 7.41. The largest absolute Gasteiger partial charge is 0.303 e. The lowest BCUT2D eigenvalue weighted by molar-refractivity contribution is -0.128. The second-order valence-electron chi connectivity index (χ2n) is 4.85. The van der Waals surface area contributed by atoms with Gasteiger partial charge in [0, 0.05) is 19.3 Å². The number of Topliss-reactive ketones (excluding diaryl/α,β-unsaturated/α-hetero) is 2. The van der Waals surface area contributed by atoms with Gasteiger partial charge in [-0.15, -0.1) is 0 Å². The lowest BCUT2D eigenvalue weighted by Gasteiger charge is -2.08. The van der Waals surface area contributed by atoms with Crippen LogP contribution >= 0.6 is 0 Å². The zero-order valence-corrected chi connectivity index (χ0v) is 11.7. The maximum absolute atomic E-state index is 11.7. The van der Waals surface area contributed by atoms with Crippen LogP contribution in [-0.2, 0) is 14.4 Å². The molecule has 1 unspecified atom stereocenters. The van der Waals surface area contributed by atoms with E-state index >= 15 is 0 Å². The van der Waals surface area contributed by atoms with Crippen LogP contribution in [-0.4, -0.2) is 17.9 Å². The van der Waals surface area contributed by atoms with Gasteiger partial charge in [0.25, 0.3) is 0 Å². The molecule has 0 saturated carbocycles. The number of unbranched alkanes of at least 4 members (excludes halogenated alkanes) is 2. The maximum atomic E-state index is 11.7. The molecular weight excluding hydrogens is 228 g/mol. The van der Waals surface area contributed by atoms with Crippen LogP contribution in [0, 0.1) is 5.92 Å². The van der Waals surface area contributed by atoms with Crippen molar-refractivity contribution in [2.24, 2.45) is 5.92 Å². The number of rotatable bonds is 12. The molecule has 0 radical (unpaired) electrons. The van der Waals surface area contributed by atoms with Crippen molar-refractivity contribution in [2.45, 2.75) is 71.6 Å². The summed E-state index contributed by atoms with van der Waals surface area (Å²) in [4.78, 5) is 33.8. The molecule has 0 N–H and O–H groups in total. The molecule has 3 nitrogen and oxygen atoms in total. The first-order valence-corrected chi connectivity index (χ1v) is 7.15. The topological polar surface area (TPSA) is 51.2 Å². The molecule has 18 heavy (non-hydrogen) atoms. The average molecular weight is 254 g/mol. The van der Waals surface area contributed by atoms with Gasteiger partial charge in [0.15, 0.2) is 0 Å². The number of carbonyl (C=O) groups is 3. The second-order valence-corrected chi connectivity index (χ2v) is 4.85. The molecule has 0 aromatic heterocycles. The monoisotopic (exact) mass is 254 g/mol. The Labute approximate surface area is 110 Å². The van der Waals surface area contributed by atoms with Gasteiger partial charge in [0.1, 0.15) is 17.9 Å². The molecule has 0 aliphatic rings. The van der Waals surface area contributed by atoms with Gasteiger partial charge in [-0.25, -0.2) is 0 Å². The molecule has 0 saturated heterocycles. The SMILES string of the molecule is CCCCC(C=O)C(=O)CCCCC(=O)CCC. The van der Waals surface area contributed by atoms with Gasteiger partial charge in [-0.05, 0) is 25.7 Å². The summed E-state index contributed by atoms with van der Waals surface area (Å²) < 4.78 is 0. The third kappa shape index (κ3) is 8.15. The minimum absolute atomic E-state index is 0.0430. The second kappa shape index (κ2) is 11.1. The van der Waals surface area contributed by atoms with E-state index in [0.717, 1.165) is 38.4 Å². The third-order valence-electron chi connectivity index (χ3n) is 3.10. The first-order valence-electron chi connectivity index (χ1n) is 7.15. The Kier molecular flexibility index (Phi) is 10.5. The summed E-state index contributed by atoms with van der Waals surface area (Å²) in [5.41, 5.74) is 0. The fourth-order valence-corrected chi connectivity index (χ4v) is 1.94. The zero-order chi connectivity index (χ0) is 13.8. The Morgan fingerprint density at radius 3 is 2.17 bits per heavy atom. The Morgan fingerprint density at radius 2 is 1.61 bits per heavy atom. The lowest BCUT2D eigenvalue weighted by atomic mass is 9.95. The van der Waals surface area contributed by atoms with Gasteiger partial charge in [0.2, 0.25) is 0 Å². The van der Waals surface area contributed by atoms with E-state index in [-0.39, 0.29) is 11.6 Å². The van der Waals surface area contributed by atoms with Crippen molar-refractivity contribution in [1.82, 2.24) is 0 Å². The predicted octanol–water partition coefficient (Wildman–Crippen LogP) is 3.49. The van der Waals surface area contributed by atoms with Gasteiger partial charge < -0.3 is 4.79 Å². The molecule has 0 bridgehead atoms. The normalized spacial score (nSPS) is 12.1. The van der Waals surface area contributed by atoms with Crippen LogP contribution in [0.2, 0.25) is 0 Å². The molecule has 0 aliphatic heterocycles. The maximum Gasteiger partial charge on any atom is 0.143 e. The van der Waals surface area contributed by atoms with E-state index in [1.807, 2.05) is 13.8 Å². The standard InChI is InChI=1S/C15H26O3/c1-3-5-9-13(12-16)15(18)11-7-6-10-14(17)8-4-2/h12-13H,3-11H2,1-2H3. The number of ketones is 2.